The van der Waals surface area contributed by atoms with Crippen molar-refractivity contribution in [2.24, 2.45) is 16.7 Å². The third kappa shape index (κ3) is 3.57. The third-order valence-electron chi connectivity index (χ3n) is 12.6. The second kappa shape index (κ2) is 8.97. The fourth-order valence-electron chi connectivity index (χ4n) is 9.96. The minimum atomic E-state index is -0.200. The van der Waals surface area contributed by atoms with Crippen LogP contribution < -0.4 is 0 Å². The lowest BCUT2D eigenvalue weighted by Gasteiger charge is -2.54. The summed E-state index contributed by atoms with van der Waals surface area (Å²) in [6, 6.07) is 9.33. The van der Waals surface area contributed by atoms with E-state index in [4.69, 9.17) is 9.47 Å². The molecular weight excluding hydrogens is 496 g/mol. The van der Waals surface area contributed by atoms with E-state index in [-0.39, 0.29) is 28.1 Å². The summed E-state index contributed by atoms with van der Waals surface area (Å²) in [5.74, 6) is 1.06. The van der Waals surface area contributed by atoms with Gasteiger partial charge in [-0.15, -0.1) is 0 Å². The minimum Gasteiger partial charge on any atom is -0.380 e. The third-order valence-corrected chi connectivity index (χ3v) is 12.6. The molecule has 212 valence electrons. The second-order valence-electron chi connectivity index (χ2n) is 14.3. The Kier molecular flexibility index (Phi) is 5.75. The summed E-state index contributed by atoms with van der Waals surface area (Å²) in [5, 5.41) is 15.4. The molecule has 2 saturated heterocycles. The Labute approximate surface area is 238 Å². The first kappa shape index (κ1) is 25.6. The van der Waals surface area contributed by atoms with Crippen molar-refractivity contribution >= 4 is 10.8 Å². The van der Waals surface area contributed by atoms with E-state index in [1.165, 1.54) is 40.3 Å². The van der Waals surface area contributed by atoms with Crippen molar-refractivity contribution < 1.29 is 14.7 Å². The van der Waals surface area contributed by atoms with Crippen molar-refractivity contribution in [2.75, 3.05) is 19.8 Å². The highest BCUT2D eigenvalue weighted by molar-refractivity contribution is 5.82. The van der Waals surface area contributed by atoms with E-state index in [1.54, 1.807) is 5.06 Å². The molecule has 1 N–H and O–H groups in total. The molecule has 2 aromatic rings. The van der Waals surface area contributed by atoms with E-state index in [9.17, 15) is 5.21 Å². The first-order chi connectivity index (χ1) is 19.4. The van der Waals surface area contributed by atoms with Gasteiger partial charge in [0, 0.05) is 35.8 Å². The Morgan fingerprint density at radius 3 is 2.83 bits per heavy atom. The molecule has 0 unspecified atom stereocenters. The summed E-state index contributed by atoms with van der Waals surface area (Å²) in [5.41, 5.74) is 4.52. The SMILES string of the molecule is CCC1(CCN(O)[C@H]2CCC3=CC4=CC[C@]5(C)[C@@H](c6ccc7ccncc7c6)CC[C@H]5[C@@]45CC[C@]3(C2)O5)COC1. The van der Waals surface area contributed by atoms with Gasteiger partial charge < -0.3 is 14.7 Å². The summed E-state index contributed by atoms with van der Waals surface area (Å²) in [4.78, 5) is 4.39. The van der Waals surface area contributed by atoms with Crippen LogP contribution >= 0.6 is 0 Å². The molecule has 1 aromatic carbocycles. The van der Waals surface area contributed by atoms with Gasteiger partial charge in [0.15, 0.2) is 0 Å². The zero-order valence-corrected chi connectivity index (χ0v) is 24.2. The fraction of sp³-hybridized carbons (Fsp3) is 0.629. The van der Waals surface area contributed by atoms with Crippen LogP contribution in [0.1, 0.15) is 89.5 Å². The van der Waals surface area contributed by atoms with Gasteiger partial charge in [0.1, 0.15) is 0 Å². The monoisotopic (exact) mass is 540 g/mol. The number of rotatable bonds is 6. The lowest BCUT2D eigenvalue weighted by molar-refractivity contribution is -0.189. The number of fused-ring (bicyclic) bond motifs is 2. The van der Waals surface area contributed by atoms with Crippen LogP contribution in [-0.4, -0.2) is 52.3 Å². The Morgan fingerprint density at radius 2 is 2.00 bits per heavy atom. The molecule has 5 nitrogen and oxygen atoms in total. The average Bonchev–Trinajstić information content (AvgIpc) is 3.47. The molecule has 2 bridgehead atoms. The number of nitrogens with zero attached hydrogens (tertiary/aromatic N) is 2. The zero-order chi connectivity index (χ0) is 27.2. The molecule has 6 atom stereocenters. The molecule has 2 saturated carbocycles. The van der Waals surface area contributed by atoms with E-state index in [0.717, 1.165) is 71.1 Å². The maximum absolute atomic E-state index is 11.2. The largest absolute Gasteiger partial charge is 0.380 e. The molecule has 40 heavy (non-hydrogen) atoms. The summed E-state index contributed by atoms with van der Waals surface area (Å²) in [7, 11) is 0. The molecule has 4 heterocycles. The average molecular weight is 541 g/mol. The molecule has 5 heteroatoms. The first-order valence-electron chi connectivity index (χ1n) is 15.9. The Hall–Kier alpha value is -2.05. The van der Waals surface area contributed by atoms with Gasteiger partial charge in [-0.1, -0.05) is 38.1 Å². The molecule has 3 aliphatic carbocycles. The van der Waals surface area contributed by atoms with Crippen LogP contribution in [0, 0.1) is 16.7 Å². The smallest absolute Gasteiger partial charge is 0.0974 e. The van der Waals surface area contributed by atoms with Crippen molar-refractivity contribution in [2.45, 2.75) is 101 Å². The number of hydrogen-bond donors (Lipinski definition) is 1. The quantitative estimate of drug-likeness (QED) is 0.388. The van der Waals surface area contributed by atoms with Crippen molar-refractivity contribution in [1.29, 1.82) is 0 Å². The molecule has 0 amide bonds. The molecule has 8 rings (SSSR count). The van der Waals surface area contributed by atoms with Crippen LogP contribution in [0.5, 0.6) is 0 Å². The topological polar surface area (TPSA) is 54.8 Å². The zero-order valence-electron chi connectivity index (χ0n) is 24.2. The Balaban J connectivity index is 1.05. The highest BCUT2D eigenvalue weighted by Gasteiger charge is 2.66. The lowest BCUT2D eigenvalue weighted by atomic mass is 9.58. The van der Waals surface area contributed by atoms with E-state index in [1.807, 2.05) is 12.4 Å². The first-order valence-corrected chi connectivity index (χ1v) is 15.9. The molecule has 4 fully saturated rings. The van der Waals surface area contributed by atoms with Gasteiger partial charge in [0.2, 0.25) is 0 Å². The second-order valence-corrected chi connectivity index (χ2v) is 14.3. The van der Waals surface area contributed by atoms with Gasteiger partial charge in [0.25, 0.3) is 0 Å². The van der Waals surface area contributed by atoms with Gasteiger partial charge in [-0.3, -0.25) is 4.98 Å². The Bertz CT molecular complexity index is 1390. The predicted molar refractivity (Wildman–Crippen MR) is 156 cm³/mol. The van der Waals surface area contributed by atoms with Crippen LogP contribution in [0.25, 0.3) is 10.8 Å². The highest BCUT2D eigenvalue weighted by atomic mass is 16.5. The molecular formula is C35H44N2O3. The van der Waals surface area contributed by atoms with Crippen molar-refractivity contribution in [1.82, 2.24) is 10.0 Å². The van der Waals surface area contributed by atoms with Gasteiger partial charge in [0.05, 0.1) is 24.4 Å². The van der Waals surface area contributed by atoms with E-state index in [2.05, 4.69) is 55.2 Å². The fourth-order valence-corrected chi connectivity index (χ4v) is 9.96. The van der Waals surface area contributed by atoms with Gasteiger partial charge in [-0.25, -0.2) is 0 Å². The molecule has 1 aromatic heterocycles. The Morgan fingerprint density at radius 1 is 1.10 bits per heavy atom. The number of hydrogen-bond acceptors (Lipinski definition) is 5. The van der Waals surface area contributed by atoms with Gasteiger partial charge in [-0.05, 0) is 116 Å². The number of ether oxygens (including phenoxy) is 2. The summed E-state index contributed by atoms with van der Waals surface area (Å²) in [6.07, 6.45) is 19.9. The highest BCUT2D eigenvalue weighted by Crippen LogP contribution is 2.69. The van der Waals surface area contributed by atoms with Gasteiger partial charge in [-0.2, -0.15) is 5.06 Å². The normalized spacial score (nSPS) is 39.2. The van der Waals surface area contributed by atoms with Crippen LogP contribution in [0.4, 0.5) is 0 Å². The van der Waals surface area contributed by atoms with Crippen molar-refractivity contribution in [3.63, 3.8) is 0 Å². The maximum Gasteiger partial charge on any atom is 0.0974 e. The summed E-state index contributed by atoms with van der Waals surface area (Å²) in [6.45, 7) is 7.22. The van der Waals surface area contributed by atoms with Crippen LogP contribution in [-0.2, 0) is 9.47 Å². The van der Waals surface area contributed by atoms with Crippen LogP contribution in [0.2, 0.25) is 0 Å². The standard InChI is InChI=1S/C35H44N2O3/c1-3-33(22-39-23-33)15-17-37(38)29-7-6-27-19-28-10-12-32(2)30(25-5-4-24-11-16-36-21-26(24)18-25)8-9-31(32)35(28)14-13-34(27,20-29)40-35/h4-5,10-11,16,18-19,21,29-31,38H,3,6-9,12-15,17,20,22-23H2,1-2H3/t29-,30+,31+,32+,34+,35+/m0/s1. The summed E-state index contributed by atoms with van der Waals surface area (Å²) < 4.78 is 13.0. The molecule has 3 aliphatic heterocycles. The number of pyridine rings is 1. The van der Waals surface area contributed by atoms with Crippen LogP contribution in [0.3, 0.4) is 0 Å². The number of hydroxylamine groups is 2. The molecule has 6 aliphatic rings. The van der Waals surface area contributed by atoms with Gasteiger partial charge >= 0.3 is 0 Å². The lowest BCUT2D eigenvalue weighted by Crippen LogP contribution is -2.55. The van der Waals surface area contributed by atoms with E-state index < -0.39 is 0 Å². The number of allylic oxidation sites excluding steroid dienone is 1. The maximum atomic E-state index is 11.2. The van der Waals surface area contributed by atoms with Crippen molar-refractivity contribution in [3.05, 3.63) is 65.5 Å². The number of benzene rings is 1. The van der Waals surface area contributed by atoms with Crippen LogP contribution in [0.15, 0.2) is 60.0 Å². The predicted octanol–water partition coefficient (Wildman–Crippen LogP) is 7.35. The van der Waals surface area contributed by atoms with E-state index in [0.29, 0.717) is 11.8 Å². The van der Waals surface area contributed by atoms with Crippen molar-refractivity contribution in [3.8, 4) is 0 Å². The number of aromatic nitrogens is 1. The van der Waals surface area contributed by atoms with E-state index >= 15 is 0 Å². The summed E-state index contributed by atoms with van der Waals surface area (Å²) >= 11 is 0. The molecule has 0 radical (unpaired) electrons. The minimum absolute atomic E-state index is 0.165. The molecule has 2 spiro atoms.